The van der Waals surface area contributed by atoms with Crippen LogP contribution in [0, 0.1) is 41.5 Å². The topological polar surface area (TPSA) is 175 Å². The number of hydrogen-bond acceptors (Lipinski definition) is 10. The highest BCUT2D eigenvalue weighted by Gasteiger charge is 2.20. The smallest absolute Gasteiger partial charge is 0.284 e. The molecule has 15 nitrogen and oxygen atoms in total. The number of aryl methyl sites for hydroxylation is 6. The zero-order valence-electron chi connectivity index (χ0n) is 58.1. The van der Waals surface area contributed by atoms with Crippen LogP contribution in [0.4, 0.5) is 22.7 Å². The van der Waals surface area contributed by atoms with Crippen LogP contribution in [0.15, 0.2) is 266 Å². The number of thiazole rings is 2. The van der Waals surface area contributed by atoms with Crippen molar-refractivity contribution in [2.24, 2.45) is 0 Å². The molecule has 4 amide bonds. The second kappa shape index (κ2) is 32.5. The number of nitrogens with zero attached hydrogens (tertiary/aromatic N) is 7. The van der Waals surface area contributed by atoms with Crippen molar-refractivity contribution in [1.82, 2.24) is 33.2 Å². The van der Waals surface area contributed by atoms with E-state index in [1.807, 2.05) is 134 Å². The maximum atomic E-state index is 12.6. The minimum Gasteiger partial charge on any atom is -0.341 e. The van der Waals surface area contributed by atoms with Crippen molar-refractivity contribution in [1.29, 1.82) is 0 Å². The summed E-state index contributed by atoms with van der Waals surface area (Å²) in [7, 11) is 0. The van der Waals surface area contributed by atoms with Gasteiger partial charge >= 0.3 is 0 Å². The van der Waals surface area contributed by atoms with Crippen LogP contribution in [0.25, 0.3) is 43.6 Å². The monoisotopic (exact) mass is 1440 g/mol. The third kappa shape index (κ3) is 17.2. The summed E-state index contributed by atoms with van der Waals surface area (Å²) in [5.74, 6) is -0.617. The molecule has 0 aliphatic rings. The number of carbonyl (C=O) groups excluding carboxylic acids is 4. The molecular weight excluding hydrogens is 1370 g/mol. The van der Waals surface area contributed by atoms with Gasteiger partial charge in [-0.25, -0.2) is 15.0 Å². The number of fused-ring (bicyclic) bond motifs is 4. The van der Waals surface area contributed by atoms with Crippen molar-refractivity contribution in [2.75, 3.05) is 21.3 Å². The predicted octanol–water partition coefficient (Wildman–Crippen LogP) is 20.6. The van der Waals surface area contributed by atoms with Crippen LogP contribution < -0.4 is 21.3 Å². The van der Waals surface area contributed by atoms with E-state index in [0.717, 1.165) is 109 Å². The van der Waals surface area contributed by atoms with Gasteiger partial charge in [0.05, 0.1) is 60.9 Å². The first-order valence-electron chi connectivity index (χ1n) is 33.8. The molecule has 104 heavy (non-hydrogen) atoms. The lowest BCUT2D eigenvalue weighted by atomic mass is 10.1. The van der Waals surface area contributed by atoms with Gasteiger partial charge in [0.25, 0.3) is 23.6 Å². The molecule has 0 fully saturated rings. The number of rotatable bonds is 16. The Bertz CT molecular complexity index is 5690. The molecule has 518 valence electrons. The third-order valence-corrected chi connectivity index (χ3v) is 20.5. The van der Waals surface area contributed by atoms with Gasteiger partial charge in [-0.1, -0.05) is 216 Å². The summed E-state index contributed by atoms with van der Waals surface area (Å²) in [4.78, 5) is 64.0. The Morgan fingerprint density at radius 2 is 0.750 bits per heavy atom. The van der Waals surface area contributed by atoms with Crippen LogP contribution in [0.2, 0.25) is 5.15 Å². The third-order valence-electron chi connectivity index (χ3n) is 17.5. The molecule has 0 aliphatic carbocycles. The molecule has 0 bridgehead atoms. The highest BCUT2D eigenvalue weighted by molar-refractivity contribution is 7.12. The van der Waals surface area contributed by atoms with Gasteiger partial charge in [-0.15, -0.1) is 34.0 Å². The fraction of sp³-hybridized carbons (Fsp3) is 0.118. The molecule has 8 heterocycles. The summed E-state index contributed by atoms with van der Waals surface area (Å²) in [6.45, 7) is 15.1. The van der Waals surface area contributed by atoms with Gasteiger partial charge in [0.15, 0.2) is 5.01 Å². The van der Waals surface area contributed by atoms with Gasteiger partial charge in [-0.3, -0.25) is 19.2 Å². The van der Waals surface area contributed by atoms with Crippen LogP contribution in [0.5, 0.6) is 0 Å². The first-order valence-corrected chi connectivity index (χ1v) is 36.8. The fourth-order valence-corrected chi connectivity index (χ4v) is 14.3. The highest BCUT2D eigenvalue weighted by atomic mass is 35.5. The van der Waals surface area contributed by atoms with E-state index in [4.69, 9.17) is 11.6 Å². The molecule has 4 N–H and O–H groups in total. The van der Waals surface area contributed by atoms with Crippen molar-refractivity contribution in [3.05, 3.63) is 347 Å². The van der Waals surface area contributed by atoms with Gasteiger partial charge in [0.2, 0.25) is 0 Å². The minimum atomic E-state index is -0.282. The SMILES string of the molecule is Cc1ccc(Cn2cc(NC(=O)c3cccc(Cl)n3)c3ccccc32)cc1.Cc1ccc(Cn2cc(NC(=O)c3cccs3)c3ccccc32)cc1.Cc1ccc(Cn2cc(NC(=O)c3nc(C)cs3)c3ccccc32)cc1.Cc1ccc(Cn2cc(NC(=O)c3scnc3C)c3ccccc32)cc1. The Morgan fingerprint density at radius 1 is 0.375 bits per heavy atom. The van der Waals surface area contributed by atoms with E-state index < -0.39 is 0 Å². The number of anilines is 4. The molecule has 0 saturated carbocycles. The van der Waals surface area contributed by atoms with E-state index >= 15 is 0 Å². The summed E-state index contributed by atoms with van der Waals surface area (Å²) in [5.41, 5.74) is 21.1. The lowest BCUT2D eigenvalue weighted by Crippen LogP contribution is -2.13. The van der Waals surface area contributed by atoms with E-state index in [9.17, 15) is 19.2 Å². The van der Waals surface area contributed by atoms with Crippen LogP contribution in [-0.4, -0.2) is 56.8 Å². The number of aromatic nitrogens is 7. The second-order valence-electron chi connectivity index (χ2n) is 25.4. The van der Waals surface area contributed by atoms with E-state index in [2.05, 4.69) is 204 Å². The van der Waals surface area contributed by atoms with Gasteiger partial charge < -0.3 is 39.5 Å². The van der Waals surface area contributed by atoms with E-state index in [-0.39, 0.29) is 29.3 Å². The summed E-state index contributed by atoms with van der Waals surface area (Å²) in [6.07, 6.45) is 8.00. The second-order valence-corrected chi connectivity index (χ2v) is 28.4. The molecule has 8 aromatic carbocycles. The quantitative estimate of drug-likeness (QED) is 0.0696. The maximum Gasteiger partial charge on any atom is 0.284 e. The lowest BCUT2D eigenvalue weighted by molar-refractivity contribution is 0.101. The molecule has 0 radical (unpaired) electrons. The number of carbonyl (C=O) groups is 4. The maximum absolute atomic E-state index is 12.6. The Morgan fingerprint density at radius 3 is 1.10 bits per heavy atom. The lowest BCUT2D eigenvalue weighted by Gasteiger charge is -2.06. The molecule has 8 aromatic heterocycles. The largest absolute Gasteiger partial charge is 0.341 e. The van der Waals surface area contributed by atoms with E-state index in [1.165, 1.54) is 78.5 Å². The molecule has 19 heteroatoms. The van der Waals surface area contributed by atoms with Crippen molar-refractivity contribution in [3.8, 4) is 0 Å². The first kappa shape index (κ1) is 70.6. The molecular formula is C85H74ClN11O4S3. The van der Waals surface area contributed by atoms with Gasteiger partial charge in [-0.2, -0.15) is 0 Å². The summed E-state index contributed by atoms with van der Waals surface area (Å²) in [5, 5.41) is 20.8. The van der Waals surface area contributed by atoms with Gasteiger partial charge in [-0.05, 0) is 112 Å². The Balaban J connectivity index is 0.000000123. The number of halogens is 1. The molecule has 16 aromatic rings. The molecule has 16 rings (SSSR count). The summed E-state index contributed by atoms with van der Waals surface area (Å²) in [6, 6.07) is 75.2. The number of benzene rings is 8. The molecule has 0 saturated heterocycles. The first-order chi connectivity index (χ1) is 50.5. The molecule has 0 unspecified atom stereocenters. The van der Waals surface area contributed by atoms with Gasteiger partial charge in [0.1, 0.15) is 15.7 Å². The summed E-state index contributed by atoms with van der Waals surface area (Å²) >= 11 is 10.1. The zero-order valence-corrected chi connectivity index (χ0v) is 61.3. The normalized spacial score (nSPS) is 11.0. The predicted molar refractivity (Wildman–Crippen MR) is 428 cm³/mol. The standard InChI is InChI=1S/C22H18ClN3O.2C21H19N3OS.C21H18N2OS/c1-15-9-11-16(12-10-15)13-26-14-19(17-5-2-3-7-20(17)26)25-22(27)18-6-4-8-21(23)24-18;1-14-7-9-16(10-8-14)11-24-12-18(17-5-3-4-6-19(17)24)23-21(25)20-15(2)22-13-26-20;1-14-7-9-16(10-8-14)11-24-12-18(17-5-3-4-6-19(17)24)23-20(25)21-22-15(2)13-26-21;1-15-8-10-16(11-9-15)13-23-14-18(17-5-2-3-6-19(17)23)22-21(24)20-7-4-12-25-20/h2-12,14H,13H2,1H3,(H,25,27);2*3-10,12-13H,11H2,1-2H3,(H,23,25);2-12,14H,13H2,1H3,(H,22,24). The van der Waals surface area contributed by atoms with Crippen molar-refractivity contribution >= 4 is 136 Å². The number of hydrogen-bond donors (Lipinski definition) is 4. The summed E-state index contributed by atoms with van der Waals surface area (Å²) < 4.78 is 8.67. The zero-order chi connectivity index (χ0) is 72.2. The average Bonchev–Trinajstić information content (AvgIpc) is 1.67. The van der Waals surface area contributed by atoms with Crippen molar-refractivity contribution in [3.63, 3.8) is 0 Å². The van der Waals surface area contributed by atoms with Gasteiger partial charge in [0, 0.05) is 83.6 Å². The van der Waals surface area contributed by atoms with Crippen molar-refractivity contribution < 1.29 is 19.2 Å². The molecule has 0 atom stereocenters. The van der Waals surface area contributed by atoms with E-state index in [1.54, 1.807) is 23.7 Å². The van der Waals surface area contributed by atoms with Crippen LogP contribution in [0.1, 0.15) is 95.5 Å². The highest BCUT2D eigenvalue weighted by Crippen LogP contribution is 2.33. The van der Waals surface area contributed by atoms with Crippen LogP contribution in [-0.2, 0) is 26.2 Å². The Labute approximate surface area is 619 Å². The Hall–Kier alpha value is -11.8. The van der Waals surface area contributed by atoms with E-state index in [0.29, 0.717) is 15.0 Å². The molecule has 0 spiro atoms. The number of pyridine rings is 1. The number of nitrogens with one attached hydrogen (secondary N) is 4. The van der Waals surface area contributed by atoms with Crippen molar-refractivity contribution in [2.45, 2.75) is 67.7 Å². The number of para-hydroxylation sites is 4. The average molecular weight is 1450 g/mol. The molecule has 0 aliphatic heterocycles. The number of thiophene rings is 1. The number of amides is 4. The Kier molecular flexibility index (Phi) is 22.0. The fourth-order valence-electron chi connectivity index (χ4n) is 12.1. The van der Waals surface area contributed by atoms with Crippen LogP contribution in [0.3, 0.4) is 0 Å². The minimum absolute atomic E-state index is 0.0618. The van der Waals surface area contributed by atoms with Crippen LogP contribution >= 0.6 is 45.6 Å².